The third-order valence-corrected chi connectivity index (χ3v) is 4.69. The predicted molar refractivity (Wildman–Crippen MR) is 94.7 cm³/mol. The first kappa shape index (κ1) is 16.3. The van der Waals surface area contributed by atoms with Crippen molar-refractivity contribution in [2.24, 2.45) is 5.16 Å². The molecule has 4 heterocycles. The Labute approximate surface area is 150 Å². The zero-order valence-corrected chi connectivity index (χ0v) is 14.1. The SMILES string of the molecule is O=C(Nc1cccnc1)C1=NOC2(CCCN(C(=O)c3cc[nH]c3)C2)C1. The van der Waals surface area contributed by atoms with Crippen LogP contribution in [0, 0.1) is 0 Å². The smallest absolute Gasteiger partial charge is 0.273 e. The number of aromatic amines is 1. The van der Waals surface area contributed by atoms with Gasteiger partial charge in [0.2, 0.25) is 0 Å². The summed E-state index contributed by atoms with van der Waals surface area (Å²) >= 11 is 0. The third kappa shape index (κ3) is 3.17. The van der Waals surface area contributed by atoms with E-state index in [2.05, 4.69) is 20.4 Å². The van der Waals surface area contributed by atoms with Crippen LogP contribution in [-0.4, -0.2) is 51.1 Å². The molecule has 1 spiro atoms. The number of amides is 2. The van der Waals surface area contributed by atoms with Crippen LogP contribution in [0.25, 0.3) is 0 Å². The van der Waals surface area contributed by atoms with Crippen molar-refractivity contribution in [1.29, 1.82) is 0 Å². The van der Waals surface area contributed by atoms with Gasteiger partial charge in [-0.2, -0.15) is 0 Å². The van der Waals surface area contributed by atoms with Gasteiger partial charge in [-0.3, -0.25) is 14.6 Å². The summed E-state index contributed by atoms with van der Waals surface area (Å²) in [6.07, 6.45) is 8.57. The van der Waals surface area contributed by atoms with E-state index in [4.69, 9.17) is 4.84 Å². The number of nitrogens with zero attached hydrogens (tertiary/aromatic N) is 3. The highest BCUT2D eigenvalue weighted by molar-refractivity contribution is 6.43. The van der Waals surface area contributed by atoms with Gasteiger partial charge in [-0.25, -0.2) is 0 Å². The molecule has 1 saturated heterocycles. The van der Waals surface area contributed by atoms with Gasteiger partial charge in [-0.05, 0) is 31.0 Å². The van der Waals surface area contributed by atoms with E-state index in [9.17, 15) is 9.59 Å². The second kappa shape index (κ2) is 6.62. The summed E-state index contributed by atoms with van der Waals surface area (Å²) in [4.78, 5) is 39.3. The molecule has 2 aromatic heterocycles. The second-order valence-corrected chi connectivity index (χ2v) is 6.61. The van der Waals surface area contributed by atoms with Crippen molar-refractivity contribution in [3.8, 4) is 0 Å². The van der Waals surface area contributed by atoms with Crippen molar-refractivity contribution in [1.82, 2.24) is 14.9 Å². The summed E-state index contributed by atoms with van der Waals surface area (Å²) < 4.78 is 0. The fourth-order valence-corrected chi connectivity index (χ4v) is 3.41. The van der Waals surface area contributed by atoms with Crippen LogP contribution in [-0.2, 0) is 9.63 Å². The minimum absolute atomic E-state index is 0.0396. The fraction of sp³-hybridized carbons (Fsp3) is 0.333. The van der Waals surface area contributed by atoms with Crippen LogP contribution in [0.1, 0.15) is 29.6 Å². The molecule has 2 aromatic rings. The number of nitrogens with one attached hydrogen (secondary N) is 2. The number of hydrogen-bond donors (Lipinski definition) is 2. The monoisotopic (exact) mass is 353 g/mol. The van der Waals surface area contributed by atoms with Gasteiger partial charge in [-0.1, -0.05) is 5.16 Å². The van der Waals surface area contributed by atoms with Gasteiger partial charge >= 0.3 is 0 Å². The summed E-state index contributed by atoms with van der Waals surface area (Å²) in [5, 5.41) is 6.77. The van der Waals surface area contributed by atoms with Gasteiger partial charge in [0, 0.05) is 31.6 Å². The molecular weight excluding hydrogens is 334 g/mol. The first-order valence-electron chi connectivity index (χ1n) is 8.54. The summed E-state index contributed by atoms with van der Waals surface area (Å²) in [7, 11) is 0. The Morgan fingerprint density at radius 3 is 3.04 bits per heavy atom. The minimum Gasteiger partial charge on any atom is -0.386 e. The van der Waals surface area contributed by atoms with Crippen molar-refractivity contribution in [2.75, 3.05) is 18.4 Å². The van der Waals surface area contributed by atoms with Crippen LogP contribution in [0.15, 0.2) is 48.1 Å². The molecule has 1 fully saturated rings. The average molecular weight is 353 g/mol. The molecule has 0 saturated carbocycles. The van der Waals surface area contributed by atoms with E-state index in [0.717, 1.165) is 12.8 Å². The molecular formula is C18H19N5O3. The van der Waals surface area contributed by atoms with Gasteiger partial charge in [0.15, 0.2) is 5.60 Å². The fourth-order valence-electron chi connectivity index (χ4n) is 3.41. The van der Waals surface area contributed by atoms with Gasteiger partial charge in [0.05, 0.1) is 24.0 Å². The molecule has 0 aliphatic carbocycles. The number of anilines is 1. The normalized spacial score (nSPS) is 22.0. The van der Waals surface area contributed by atoms with Crippen molar-refractivity contribution < 1.29 is 14.4 Å². The Morgan fingerprint density at radius 2 is 2.27 bits per heavy atom. The molecule has 0 aromatic carbocycles. The topological polar surface area (TPSA) is 99.7 Å². The van der Waals surface area contributed by atoms with E-state index in [1.807, 2.05) is 0 Å². The Morgan fingerprint density at radius 1 is 1.35 bits per heavy atom. The summed E-state index contributed by atoms with van der Waals surface area (Å²) in [6.45, 7) is 1.09. The van der Waals surface area contributed by atoms with Crippen LogP contribution in [0.3, 0.4) is 0 Å². The molecule has 1 unspecified atom stereocenters. The molecule has 0 radical (unpaired) electrons. The summed E-state index contributed by atoms with van der Waals surface area (Å²) in [6, 6.07) is 5.26. The van der Waals surface area contributed by atoms with E-state index in [-0.39, 0.29) is 11.8 Å². The molecule has 26 heavy (non-hydrogen) atoms. The highest BCUT2D eigenvalue weighted by Crippen LogP contribution is 2.34. The number of oxime groups is 1. The summed E-state index contributed by atoms with van der Waals surface area (Å²) in [5.41, 5.74) is 0.945. The van der Waals surface area contributed by atoms with Crippen molar-refractivity contribution in [2.45, 2.75) is 24.9 Å². The molecule has 8 nitrogen and oxygen atoms in total. The molecule has 2 N–H and O–H groups in total. The van der Waals surface area contributed by atoms with Gasteiger partial charge in [0.25, 0.3) is 11.8 Å². The zero-order valence-electron chi connectivity index (χ0n) is 14.1. The lowest BCUT2D eigenvalue weighted by molar-refractivity contribution is -0.110. The van der Waals surface area contributed by atoms with Crippen LogP contribution in [0.2, 0.25) is 0 Å². The van der Waals surface area contributed by atoms with Crippen LogP contribution < -0.4 is 5.32 Å². The lowest BCUT2D eigenvalue weighted by Crippen LogP contribution is -2.50. The number of likely N-dealkylation sites (tertiary alicyclic amines) is 1. The lowest BCUT2D eigenvalue weighted by Gasteiger charge is -2.38. The molecule has 2 aliphatic heterocycles. The molecule has 134 valence electrons. The number of H-pyrrole nitrogens is 1. The van der Waals surface area contributed by atoms with Gasteiger partial charge in [-0.15, -0.1) is 0 Å². The molecule has 4 rings (SSSR count). The van der Waals surface area contributed by atoms with E-state index < -0.39 is 5.60 Å². The quantitative estimate of drug-likeness (QED) is 0.879. The van der Waals surface area contributed by atoms with E-state index >= 15 is 0 Å². The molecule has 1 atom stereocenters. The number of hydrogen-bond acceptors (Lipinski definition) is 5. The Hall–Kier alpha value is -3.16. The van der Waals surface area contributed by atoms with Crippen molar-refractivity contribution >= 4 is 23.2 Å². The van der Waals surface area contributed by atoms with Gasteiger partial charge < -0.3 is 20.0 Å². The Balaban J connectivity index is 1.41. The first-order chi connectivity index (χ1) is 12.7. The predicted octanol–water partition coefficient (Wildman–Crippen LogP) is 1.80. The molecule has 0 bridgehead atoms. The minimum atomic E-state index is -0.619. The second-order valence-electron chi connectivity index (χ2n) is 6.61. The number of aromatic nitrogens is 2. The zero-order chi connectivity index (χ0) is 18.0. The Bertz CT molecular complexity index is 834. The maximum Gasteiger partial charge on any atom is 0.273 e. The van der Waals surface area contributed by atoms with Crippen LogP contribution in [0.4, 0.5) is 5.69 Å². The van der Waals surface area contributed by atoms with E-state index in [0.29, 0.717) is 36.5 Å². The number of pyridine rings is 1. The van der Waals surface area contributed by atoms with Crippen molar-refractivity contribution in [3.63, 3.8) is 0 Å². The molecule has 2 aliphatic rings. The standard InChI is InChI=1S/C18H19N5O3/c24-16(21-14-3-1-6-19-11-14)15-9-18(26-22-15)5-2-8-23(12-18)17(25)13-4-7-20-10-13/h1,3-4,6-7,10-11,20H,2,5,8-9,12H2,(H,21,24). The largest absolute Gasteiger partial charge is 0.386 e. The van der Waals surface area contributed by atoms with Crippen molar-refractivity contribution in [3.05, 3.63) is 48.5 Å². The number of carbonyl (C=O) groups is 2. The maximum atomic E-state index is 12.6. The van der Waals surface area contributed by atoms with E-state index in [1.165, 1.54) is 0 Å². The Kier molecular flexibility index (Phi) is 4.16. The van der Waals surface area contributed by atoms with Crippen LogP contribution in [0.5, 0.6) is 0 Å². The highest BCUT2D eigenvalue weighted by atomic mass is 16.7. The number of carbonyl (C=O) groups excluding carboxylic acids is 2. The van der Waals surface area contributed by atoms with Crippen LogP contribution >= 0.6 is 0 Å². The highest BCUT2D eigenvalue weighted by Gasteiger charge is 2.45. The maximum absolute atomic E-state index is 12.6. The van der Waals surface area contributed by atoms with Gasteiger partial charge in [0.1, 0.15) is 5.71 Å². The third-order valence-electron chi connectivity index (χ3n) is 4.69. The molecule has 8 heteroatoms. The first-order valence-corrected chi connectivity index (χ1v) is 8.54. The molecule has 2 amide bonds. The average Bonchev–Trinajstić information content (AvgIpc) is 3.33. The lowest BCUT2D eigenvalue weighted by atomic mass is 9.87. The number of piperidine rings is 1. The number of rotatable bonds is 3. The van der Waals surface area contributed by atoms with E-state index in [1.54, 1.807) is 47.9 Å². The summed E-state index contributed by atoms with van der Waals surface area (Å²) in [5.74, 6) is -0.342.